The summed E-state index contributed by atoms with van der Waals surface area (Å²) >= 11 is 6.45. The maximum absolute atomic E-state index is 13.2. The SMILES string of the molecule is C[C@H](Nc1ncnc(N)c1N)c1cc2cccc(Cl)c2c(C(=O)NC2CCOCC2)n1. The Balaban J connectivity index is 1.69. The number of aromatic nitrogens is 3. The van der Waals surface area contributed by atoms with Gasteiger partial charge in [-0.15, -0.1) is 0 Å². The van der Waals surface area contributed by atoms with Crippen molar-refractivity contribution in [1.29, 1.82) is 0 Å². The monoisotopic (exact) mass is 441 g/mol. The third kappa shape index (κ3) is 4.47. The number of nitrogens with one attached hydrogen (secondary N) is 2. The fourth-order valence-electron chi connectivity index (χ4n) is 3.57. The molecule has 0 radical (unpaired) electrons. The lowest BCUT2D eigenvalue weighted by atomic mass is 10.0. The summed E-state index contributed by atoms with van der Waals surface area (Å²) in [4.78, 5) is 25.9. The van der Waals surface area contributed by atoms with Gasteiger partial charge in [0.2, 0.25) is 0 Å². The zero-order valence-corrected chi connectivity index (χ0v) is 17.8. The molecule has 1 aliphatic heterocycles. The molecule has 1 aliphatic rings. The molecule has 0 bridgehead atoms. The second kappa shape index (κ2) is 8.91. The first-order chi connectivity index (χ1) is 14.9. The predicted octanol–water partition coefficient (Wildman–Crippen LogP) is 2.92. The van der Waals surface area contributed by atoms with Crippen molar-refractivity contribution in [2.75, 3.05) is 30.0 Å². The zero-order chi connectivity index (χ0) is 22.0. The van der Waals surface area contributed by atoms with Crippen molar-refractivity contribution in [3.05, 3.63) is 47.0 Å². The van der Waals surface area contributed by atoms with E-state index in [0.717, 1.165) is 18.2 Å². The number of carbonyl (C=O) groups is 1. The number of nitrogens with two attached hydrogens (primary N) is 2. The third-order valence-corrected chi connectivity index (χ3v) is 5.63. The number of rotatable bonds is 5. The topological polar surface area (TPSA) is 141 Å². The molecular weight excluding hydrogens is 418 g/mol. The summed E-state index contributed by atoms with van der Waals surface area (Å²) in [5, 5.41) is 8.18. The molecule has 4 rings (SSSR count). The number of hydrogen-bond donors (Lipinski definition) is 4. The average Bonchev–Trinajstić information content (AvgIpc) is 2.77. The van der Waals surface area contributed by atoms with E-state index in [2.05, 4.69) is 25.6 Å². The Morgan fingerprint density at radius 2 is 2.03 bits per heavy atom. The summed E-state index contributed by atoms with van der Waals surface area (Å²) in [6.45, 7) is 3.16. The van der Waals surface area contributed by atoms with Crippen molar-refractivity contribution < 1.29 is 9.53 Å². The van der Waals surface area contributed by atoms with Gasteiger partial charge in [-0.1, -0.05) is 23.7 Å². The fourth-order valence-corrected chi connectivity index (χ4v) is 3.84. The van der Waals surface area contributed by atoms with Gasteiger partial charge < -0.3 is 26.8 Å². The highest BCUT2D eigenvalue weighted by atomic mass is 35.5. The molecule has 162 valence electrons. The first-order valence-electron chi connectivity index (χ1n) is 10.0. The van der Waals surface area contributed by atoms with Crippen LogP contribution in [0.15, 0.2) is 30.6 Å². The number of nitrogens with zero attached hydrogens (tertiary/aromatic N) is 3. The highest BCUT2D eigenvalue weighted by molar-refractivity contribution is 6.36. The van der Waals surface area contributed by atoms with E-state index in [1.165, 1.54) is 6.33 Å². The van der Waals surface area contributed by atoms with Crippen LogP contribution in [0.2, 0.25) is 5.02 Å². The number of hydrogen-bond acceptors (Lipinski definition) is 8. The number of benzene rings is 1. The van der Waals surface area contributed by atoms with Crippen molar-refractivity contribution in [2.24, 2.45) is 0 Å². The van der Waals surface area contributed by atoms with Crippen LogP contribution in [0.3, 0.4) is 0 Å². The summed E-state index contributed by atoms with van der Waals surface area (Å²) < 4.78 is 5.38. The van der Waals surface area contributed by atoms with Crippen molar-refractivity contribution in [3.8, 4) is 0 Å². The van der Waals surface area contributed by atoms with Crippen molar-refractivity contribution in [3.63, 3.8) is 0 Å². The Morgan fingerprint density at radius 3 is 2.81 bits per heavy atom. The minimum atomic E-state index is -0.311. The van der Waals surface area contributed by atoms with Gasteiger partial charge in [-0.25, -0.2) is 15.0 Å². The highest BCUT2D eigenvalue weighted by Gasteiger charge is 2.22. The Labute approximate surface area is 184 Å². The number of ether oxygens (including phenoxy) is 1. The van der Waals surface area contributed by atoms with Crippen LogP contribution in [0.4, 0.5) is 17.3 Å². The number of anilines is 3. The molecule has 0 aliphatic carbocycles. The normalized spacial score (nSPS) is 15.5. The molecular formula is C21H24ClN7O2. The molecule has 1 aromatic carbocycles. The van der Waals surface area contributed by atoms with Crippen LogP contribution in [0.5, 0.6) is 0 Å². The smallest absolute Gasteiger partial charge is 0.270 e. The van der Waals surface area contributed by atoms with Gasteiger partial charge in [0, 0.05) is 24.6 Å². The van der Waals surface area contributed by atoms with Crippen LogP contribution < -0.4 is 22.1 Å². The molecule has 1 amide bonds. The summed E-state index contributed by atoms with van der Waals surface area (Å²) in [7, 11) is 0. The second-order valence-corrected chi connectivity index (χ2v) is 7.89. The van der Waals surface area contributed by atoms with E-state index >= 15 is 0 Å². The average molecular weight is 442 g/mol. The molecule has 1 fully saturated rings. The number of pyridine rings is 1. The number of fused-ring (bicyclic) bond motifs is 1. The molecule has 10 heteroatoms. The lowest BCUT2D eigenvalue weighted by Gasteiger charge is -2.23. The van der Waals surface area contributed by atoms with Crippen molar-refractivity contribution in [2.45, 2.75) is 31.8 Å². The van der Waals surface area contributed by atoms with E-state index in [1.807, 2.05) is 25.1 Å². The van der Waals surface area contributed by atoms with Crippen LogP contribution >= 0.6 is 11.6 Å². The molecule has 31 heavy (non-hydrogen) atoms. The van der Waals surface area contributed by atoms with Crippen LogP contribution in [0.1, 0.15) is 42.0 Å². The van der Waals surface area contributed by atoms with Crippen LogP contribution in [0, 0.1) is 0 Å². The molecule has 1 atom stereocenters. The van der Waals surface area contributed by atoms with Crippen molar-refractivity contribution in [1.82, 2.24) is 20.3 Å². The van der Waals surface area contributed by atoms with E-state index in [4.69, 9.17) is 27.8 Å². The molecule has 0 saturated carbocycles. The van der Waals surface area contributed by atoms with Crippen molar-refractivity contribution >= 4 is 45.6 Å². The summed E-state index contributed by atoms with van der Waals surface area (Å²) in [5.74, 6) is 0.338. The van der Waals surface area contributed by atoms with E-state index in [1.54, 1.807) is 6.07 Å². The minimum absolute atomic E-state index is 0.0450. The first-order valence-corrected chi connectivity index (χ1v) is 10.4. The Bertz CT molecular complexity index is 1120. The predicted molar refractivity (Wildman–Crippen MR) is 121 cm³/mol. The summed E-state index contributed by atoms with van der Waals surface area (Å²) in [5.41, 5.74) is 12.9. The van der Waals surface area contributed by atoms with Gasteiger partial charge in [-0.05, 0) is 37.3 Å². The lowest BCUT2D eigenvalue weighted by Crippen LogP contribution is -2.39. The molecule has 3 heterocycles. The Morgan fingerprint density at radius 1 is 1.26 bits per heavy atom. The third-order valence-electron chi connectivity index (χ3n) is 5.31. The maximum Gasteiger partial charge on any atom is 0.270 e. The highest BCUT2D eigenvalue weighted by Crippen LogP contribution is 2.30. The van der Waals surface area contributed by atoms with Gasteiger partial charge in [-0.2, -0.15) is 0 Å². The number of halogens is 1. The minimum Gasteiger partial charge on any atom is -0.393 e. The molecule has 3 aromatic rings. The van der Waals surface area contributed by atoms with E-state index < -0.39 is 0 Å². The van der Waals surface area contributed by atoms with E-state index in [0.29, 0.717) is 35.1 Å². The molecule has 1 saturated heterocycles. The van der Waals surface area contributed by atoms with E-state index in [9.17, 15) is 4.79 Å². The summed E-state index contributed by atoms with van der Waals surface area (Å²) in [6, 6.07) is 7.13. The standard InChI is InChI=1S/C21H24ClN7O2/c1-11(27-20-17(23)19(24)25-10-26-20)15-9-12-3-2-4-14(22)16(12)18(29-15)21(30)28-13-5-7-31-8-6-13/h2-4,9-11,13H,5-8,23H2,1H3,(H,28,30)(H3,24,25,26,27)/t11-/m0/s1. The van der Waals surface area contributed by atoms with Gasteiger partial charge in [-0.3, -0.25) is 4.79 Å². The van der Waals surface area contributed by atoms with Gasteiger partial charge in [0.05, 0.1) is 16.8 Å². The van der Waals surface area contributed by atoms with Gasteiger partial charge >= 0.3 is 0 Å². The number of nitrogen functional groups attached to an aromatic ring is 2. The largest absolute Gasteiger partial charge is 0.393 e. The summed E-state index contributed by atoms with van der Waals surface area (Å²) in [6.07, 6.45) is 2.87. The Kier molecular flexibility index (Phi) is 6.06. The maximum atomic E-state index is 13.2. The molecule has 6 N–H and O–H groups in total. The first kappa shape index (κ1) is 21.1. The molecule has 0 unspecified atom stereocenters. The lowest BCUT2D eigenvalue weighted by molar-refractivity contribution is 0.0695. The molecule has 9 nitrogen and oxygen atoms in total. The van der Waals surface area contributed by atoms with Gasteiger partial charge in [0.25, 0.3) is 5.91 Å². The zero-order valence-electron chi connectivity index (χ0n) is 17.1. The Hall–Kier alpha value is -3.17. The molecule has 2 aromatic heterocycles. The number of amides is 1. The molecule has 0 spiro atoms. The second-order valence-electron chi connectivity index (χ2n) is 7.48. The van der Waals surface area contributed by atoms with Crippen LogP contribution in [-0.4, -0.2) is 40.1 Å². The quantitative estimate of drug-likeness (QED) is 0.473. The van der Waals surface area contributed by atoms with Crippen LogP contribution in [-0.2, 0) is 4.74 Å². The van der Waals surface area contributed by atoms with E-state index in [-0.39, 0.29) is 35.2 Å². The van der Waals surface area contributed by atoms with Crippen LogP contribution in [0.25, 0.3) is 10.8 Å². The van der Waals surface area contributed by atoms with Gasteiger partial charge in [0.15, 0.2) is 11.6 Å². The number of carbonyl (C=O) groups excluding carboxylic acids is 1. The van der Waals surface area contributed by atoms with Gasteiger partial charge in [0.1, 0.15) is 17.7 Å². The fraction of sp³-hybridized carbons (Fsp3) is 0.333.